The Labute approximate surface area is 54.5 Å². The van der Waals surface area contributed by atoms with Crippen molar-refractivity contribution < 1.29 is 4.84 Å². The van der Waals surface area contributed by atoms with Gasteiger partial charge in [-0.3, -0.25) is 0 Å². The summed E-state index contributed by atoms with van der Waals surface area (Å²) in [5.74, 6) is 0. The van der Waals surface area contributed by atoms with Crippen LogP contribution >= 0.6 is 0 Å². The molecule has 0 N–H and O–H groups in total. The summed E-state index contributed by atoms with van der Waals surface area (Å²) < 4.78 is 0. The lowest BCUT2D eigenvalue weighted by atomic mass is 10.2. The van der Waals surface area contributed by atoms with E-state index in [1.54, 1.807) is 0 Å². The first kappa shape index (κ1) is 6.08. The average molecular weight is 122 g/mol. The number of oxime groups is 1. The highest BCUT2D eigenvalue weighted by atomic mass is 16.6. The summed E-state index contributed by atoms with van der Waals surface area (Å²) in [5, 5.41) is 3.71. The molecule has 9 heavy (non-hydrogen) atoms. The standard InChI is InChI=1S/C7H8NO/c1-9-8-7-5-3-2-4-6-7/h2-4H,5H2,1H3. The van der Waals surface area contributed by atoms with Gasteiger partial charge in [0.15, 0.2) is 0 Å². The maximum Gasteiger partial charge on any atom is 0.106 e. The molecule has 1 aliphatic rings. The molecule has 0 spiro atoms. The van der Waals surface area contributed by atoms with Gasteiger partial charge in [-0.25, -0.2) is 0 Å². The van der Waals surface area contributed by atoms with Gasteiger partial charge >= 0.3 is 0 Å². The molecule has 1 aliphatic carbocycles. The number of rotatable bonds is 1. The SMILES string of the molecule is CON=C1[C]=CC=CC1. The summed E-state index contributed by atoms with van der Waals surface area (Å²) in [6.07, 6.45) is 9.53. The molecular formula is C7H8NO. The van der Waals surface area contributed by atoms with E-state index in [4.69, 9.17) is 0 Å². The average Bonchev–Trinajstić information content (AvgIpc) is 1.91. The van der Waals surface area contributed by atoms with E-state index >= 15 is 0 Å². The van der Waals surface area contributed by atoms with E-state index in [0.29, 0.717) is 0 Å². The quantitative estimate of drug-likeness (QED) is 0.480. The van der Waals surface area contributed by atoms with Gasteiger partial charge in [0.25, 0.3) is 0 Å². The highest BCUT2D eigenvalue weighted by Crippen LogP contribution is 1.97. The zero-order chi connectivity index (χ0) is 6.53. The van der Waals surface area contributed by atoms with Crippen LogP contribution in [0.2, 0.25) is 0 Å². The molecule has 1 radical (unpaired) electrons. The molecule has 0 saturated carbocycles. The molecule has 0 amide bonds. The fourth-order valence-electron chi connectivity index (χ4n) is 0.625. The number of hydrogen-bond acceptors (Lipinski definition) is 2. The second kappa shape index (κ2) is 3.07. The zero-order valence-electron chi connectivity index (χ0n) is 5.29. The Morgan fingerprint density at radius 1 is 1.78 bits per heavy atom. The minimum Gasteiger partial charge on any atom is -0.399 e. The Kier molecular flexibility index (Phi) is 2.07. The van der Waals surface area contributed by atoms with Gasteiger partial charge in [-0.05, 0) is 0 Å². The molecule has 2 nitrogen and oxygen atoms in total. The highest BCUT2D eigenvalue weighted by molar-refractivity contribution is 5.93. The van der Waals surface area contributed by atoms with E-state index in [9.17, 15) is 0 Å². The number of nitrogens with zero attached hydrogens (tertiary/aromatic N) is 1. The Hall–Kier alpha value is -1.05. The second-order valence-corrected chi connectivity index (χ2v) is 1.66. The first-order valence-corrected chi connectivity index (χ1v) is 2.78. The summed E-state index contributed by atoms with van der Waals surface area (Å²) in [6, 6.07) is 0. The van der Waals surface area contributed by atoms with Crippen molar-refractivity contribution in [1.29, 1.82) is 0 Å². The van der Waals surface area contributed by atoms with E-state index in [-0.39, 0.29) is 0 Å². The van der Waals surface area contributed by atoms with Crippen LogP contribution in [0.5, 0.6) is 0 Å². The van der Waals surface area contributed by atoms with Gasteiger partial charge in [0.2, 0.25) is 0 Å². The van der Waals surface area contributed by atoms with Crippen LogP contribution < -0.4 is 0 Å². The van der Waals surface area contributed by atoms with Crippen LogP contribution in [-0.4, -0.2) is 12.8 Å². The monoisotopic (exact) mass is 122 g/mol. The maximum absolute atomic E-state index is 4.55. The van der Waals surface area contributed by atoms with Crippen LogP contribution in [0.15, 0.2) is 23.4 Å². The molecule has 0 atom stereocenters. The smallest absolute Gasteiger partial charge is 0.106 e. The van der Waals surface area contributed by atoms with Crippen molar-refractivity contribution in [3.05, 3.63) is 24.3 Å². The summed E-state index contributed by atoms with van der Waals surface area (Å²) in [4.78, 5) is 4.55. The van der Waals surface area contributed by atoms with E-state index in [1.165, 1.54) is 7.11 Å². The minimum absolute atomic E-state index is 0.824. The lowest BCUT2D eigenvalue weighted by Crippen LogP contribution is -1.95. The molecule has 0 unspecified atom stereocenters. The van der Waals surface area contributed by atoms with E-state index < -0.39 is 0 Å². The van der Waals surface area contributed by atoms with E-state index in [2.05, 4.69) is 16.1 Å². The van der Waals surface area contributed by atoms with E-state index in [0.717, 1.165) is 12.1 Å². The Bertz CT molecular complexity index is 168. The predicted molar refractivity (Wildman–Crippen MR) is 36.0 cm³/mol. The van der Waals surface area contributed by atoms with Crippen molar-refractivity contribution in [1.82, 2.24) is 0 Å². The molecule has 0 heterocycles. The fraction of sp³-hybridized carbons (Fsp3) is 0.286. The van der Waals surface area contributed by atoms with Crippen molar-refractivity contribution in [3.8, 4) is 0 Å². The van der Waals surface area contributed by atoms with Crippen molar-refractivity contribution in [3.63, 3.8) is 0 Å². The highest BCUT2D eigenvalue weighted by Gasteiger charge is 1.94. The van der Waals surface area contributed by atoms with Crippen LogP contribution in [0.3, 0.4) is 0 Å². The topological polar surface area (TPSA) is 21.6 Å². The van der Waals surface area contributed by atoms with Gasteiger partial charge in [-0.2, -0.15) is 0 Å². The van der Waals surface area contributed by atoms with Gasteiger partial charge in [-0.15, -0.1) is 0 Å². The molecule has 0 aromatic carbocycles. The Balaban J connectivity index is 2.55. The molecule has 47 valence electrons. The van der Waals surface area contributed by atoms with Crippen LogP contribution in [0.25, 0.3) is 0 Å². The van der Waals surface area contributed by atoms with Crippen molar-refractivity contribution in [2.45, 2.75) is 6.42 Å². The molecule has 0 aromatic rings. The third kappa shape index (κ3) is 1.72. The lowest BCUT2D eigenvalue weighted by molar-refractivity contribution is 0.213. The minimum atomic E-state index is 0.824. The van der Waals surface area contributed by atoms with E-state index in [1.807, 2.05) is 18.2 Å². The molecule has 0 saturated heterocycles. The second-order valence-electron chi connectivity index (χ2n) is 1.66. The molecule has 0 aromatic heterocycles. The molecule has 0 fully saturated rings. The number of hydrogen-bond donors (Lipinski definition) is 0. The molecule has 0 aliphatic heterocycles. The summed E-state index contributed by atoms with van der Waals surface area (Å²) in [6.45, 7) is 0. The van der Waals surface area contributed by atoms with Crippen LogP contribution in [0.1, 0.15) is 6.42 Å². The van der Waals surface area contributed by atoms with Gasteiger partial charge in [0.05, 0.1) is 5.71 Å². The van der Waals surface area contributed by atoms with Gasteiger partial charge in [0, 0.05) is 12.5 Å². The first-order chi connectivity index (χ1) is 4.43. The summed E-state index contributed by atoms with van der Waals surface area (Å²) >= 11 is 0. The van der Waals surface area contributed by atoms with Crippen LogP contribution in [-0.2, 0) is 4.84 Å². The third-order valence-corrected chi connectivity index (χ3v) is 0.995. The molecule has 0 bridgehead atoms. The van der Waals surface area contributed by atoms with Gasteiger partial charge in [-0.1, -0.05) is 23.4 Å². The Morgan fingerprint density at radius 2 is 2.67 bits per heavy atom. The molecule has 1 rings (SSSR count). The van der Waals surface area contributed by atoms with Gasteiger partial charge in [0.1, 0.15) is 7.11 Å². The van der Waals surface area contributed by atoms with Crippen molar-refractivity contribution in [2.24, 2.45) is 5.16 Å². The number of allylic oxidation sites excluding steroid dienone is 4. The largest absolute Gasteiger partial charge is 0.399 e. The first-order valence-electron chi connectivity index (χ1n) is 2.78. The lowest BCUT2D eigenvalue weighted by Gasteiger charge is -1.96. The predicted octanol–water partition coefficient (Wildman–Crippen LogP) is 1.31. The third-order valence-electron chi connectivity index (χ3n) is 0.995. The van der Waals surface area contributed by atoms with Gasteiger partial charge < -0.3 is 4.84 Å². The van der Waals surface area contributed by atoms with Crippen LogP contribution in [0, 0.1) is 6.08 Å². The normalized spacial score (nSPS) is 20.8. The molecule has 2 heteroatoms. The summed E-state index contributed by atoms with van der Waals surface area (Å²) in [7, 11) is 1.53. The summed E-state index contributed by atoms with van der Waals surface area (Å²) in [5.41, 5.74) is 0.847. The maximum atomic E-state index is 4.55. The molecular weight excluding hydrogens is 114 g/mol. The van der Waals surface area contributed by atoms with Crippen molar-refractivity contribution >= 4 is 5.71 Å². The van der Waals surface area contributed by atoms with Crippen molar-refractivity contribution in [2.75, 3.05) is 7.11 Å². The Morgan fingerprint density at radius 3 is 3.22 bits per heavy atom. The fourth-order valence-corrected chi connectivity index (χ4v) is 0.625. The van der Waals surface area contributed by atoms with Crippen LogP contribution in [0.4, 0.5) is 0 Å². The zero-order valence-corrected chi connectivity index (χ0v) is 5.29.